The molecule has 8 heteroatoms. The van der Waals surface area contributed by atoms with Crippen molar-refractivity contribution in [1.82, 2.24) is 19.6 Å². The fourth-order valence-corrected chi connectivity index (χ4v) is 3.74. The molecule has 1 fully saturated rings. The summed E-state index contributed by atoms with van der Waals surface area (Å²) in [4.78, 5) is 36.8. The van der Waals surface area contributed by atoms with Crippen LogP contribution < -0.4 is 0 Å². The summed E-state index contributed by atoms with van der Waals surface area (Å²) in [5.74, 6) is -0.113. The van der Waals surface area contributed by atoms with E-state index in [9.17, 15) is 14.0 Å². The van der Waals surface area contributed by atoms with Crippen molar-refractivity contribution in [2.45, 2.75) is 32.6 Å². The molecule has 1 saturated heterocycles. The minimum absolute atomic E-state index is 0.0960. The molecule has 0 N–H and O–H groups in total. The minimum atomic E-state index is -0.619. The van der Waals surface area contributed by atoms with Crippen LogP contribution in [0.2, 0.25) is 0 Å². The second-order valence-electron chi connectivity index (χ2n) is 6.62. The van der Waals surface area contributed by atoms with Crippen molar-refractivity contribution in [3.8, 4) is 0 Å². The van der Waals surface area contributed by atoms with Crippen LogP contribution in [0, 0.1) is 5.82 Å². The molecule has 3 aliphatic rings. The zero-order valence-electron chi connectivity index (χ0n) is 14.9. The summed E-state index contributed by atoms with van der Waals surface area (Å²) in [5.41, 5.74) is 1.31. The lowest BCUT2D eigenvalue weighted by atomic mass is 10.1. The van der Waals surface area contributed by atoms with E-state index in [1.54, 1.807) is 25.2 Å². The van der Waals surface area contributed by atoms with Crippen LogP contribution in [0.15, 0.2) is 41.2 Å². The summed E-state index contributed by atoms with van der Waals surface area (Å²) < 4.78 is 14.0. The van der Waals surface area contributed by atoms with Gasteiger partial charge in [0.15, 0.2) is 12.2 Å². The van der Waals surface area contributed by atoms with E-state index in [4.69, 9.17) is 0 Å². The third kappa shape index (κ3) is 2.21. The van der Waals surface area contributed by atoms with E-state index >= 15 is 0 Å². The standard InChI is InChI=1S/C18H20FN5O2/c1-4-22-11(2)9-23-14-15(20-17(22)23)21(3)18(26)24(16(14)25)10-12-7-5-6-8-13(12)19/h5-9,14-15H,4,10H2,1-3H3. The van der Waals surface area contributed by atoms with E-state index < -0.39 is 24.1 Å². The van der Waals surface area contributed by atoms with E-state index in [1.807, 2.05) is 29.8 Å². The zero-order chi connectivity index (χ0) is 18.6. The Kier molecular flexibility index (Phi) is 3.71. The van der Waals surface area contributed by atoms with Crippen molar-refractivity contribution in [3.05, 3.63) is 47.5 Å². The summed E-state index contributed by atoms with van der Waals surface area (Å²) in [5, 5.41) is 0. The third-order valence-electron chi connectivity index (χ3n) is 5.10. The van der Waals surface area contributed by atoms with Crippen LogP contribution in [-0.4, -0.2) is 63.3 Å². The Bertz CT molecular complexity index is 852. The molecule has 0 aliphatic carbocycles. The molecule has 1 aromatic carbocycles. The highest BCUT2D eigenvalue weighted by atomic mass is 19.1. The summed E-state index contributed by atoms with van der Waals surface area (Å²) in [6.07, 6.45) is 1.32. The maximum absolute atomic E-state index is 14.0. The minimum Gasteiger partial charge on any atom is -0.315 e. The number of rotatable bonds is 3. The van der Waals surface area contributed by atoms with Crippen molar-refractivity contribution < 1.29 is 14.0 Å². The molecule has 136 valence electrons. The maximum Gasteiger partial charge on any atom is 0.328 e. The van der Waals surface area contributed by atoms with Crippen molar-refractivity contribution in [2.75, 3.05) is 13.6 Å². The highest BCUT2D eigenvalue weighted by Gasteiger charge is 2.54. The van der Waals surface area contributed by atoms with Gasteiger partial charge in [-0.1, -0.05) is 18.2 Å². The van der Waals surface area contributed by atoms with Crippen molar-refractivity contribution in [2.24, 2.45) is 4.99 Å². The second kappa shape index (κ2) is 5.82. The molecular formula is C18H20FN5O2. The van der Waals surface area contributed by atoms with E-state index in [0.29, 0.717) is 11.5 Å². The molecule has 0 saturated carbocycles. The number of carbonyl (C=O) groups is 2. The van der Waals surface area contributed by atoms with Gasteiger partial charge in [0.2, 0.25) is 5.96 Å². The number of guanidine groups is 1. The molecule has 3 heterocycles. The molecule has 4 rings (SSSR count). The number of aliphatic imine (C=N–C) groups is 1. The number of imide groups is 1. The SMILES string of the molecule is CCN1C(C)=CN2C1=NC1C2C(=O)N(Cc2ccccc2F)C(=O)N1C. The van der Waals surface area contributed by atoms with Crippen LogP contribution in [0.5, 0.6) is 0 Å². The monoisotopic (exact) mass is 357 g/mol. The number of carbonyl (C=O) groups excluding carboxylic acids is 2. The number of halogens is 1. The lowest BCUT2D eigenvalue weighted by Gasteiger charge is -2.40. The highest BCUT2D eigenvalue weighted by molar-refractivity contribution is 6.04. The van der Waals surface area contributed by atoms with Crippen molar-refractivity contribution >= 4 is 17.9 Å². The van der Waals surface area contributed by atoms with Gasteiger partial charge in [0.05, 0.1) is 6.54 Å². The Morgan fingerprint density at radius 2 is 1.92 bits per heavy atom. The van der Waals surface area contributed by atoms with Gasteiger partial charge in [0.1, 0.15) is 5.82 Å². The molecule has 0 bridgehead atoms. The normalized spacial score (nSPS) is 24.8. The van der Waals surface area contributed by atoms with Crippen LogP contribution in [0.3, 0.4) is 0 Å². The zero-order valence-corrected chi connectivity index (χ0v) is 14.9. The number of hydrogen-bond acceptors (Lipinski definition) is 5. The Labute approximate surface area is 151 Å². The fourth-order valence-electron chi connectivity index (χ4n) is 3.74. The lowest BCUT2D eigenvalue weighted by molar-refractivity contribution is -0.137. The number of amides is 3. The largest absolute Gasteiger partial charge is 0.328 e. The molecule has 0 spiro atoms. The lowest BCUT2D eigenvalue weighted by Crippen LogP contribution is -2.63. The van der Waals surface area contributed by atoms with Crippen LogP contribution in [0.4, 0.5) is 9.18 Å². The average Bonchev–Trinajstić information content (AvgIpc) is 3.12. The molecule has 3 amide bonds. The van der Waals surface area contributed by atoms with Gasteiger partial charge in [-0.05, 0) is 19.9 Å². The average molecular weight is 357 g/mol. The van der Waals surface area contributed by atoms with Gasteiger partial charge < -0.3 is 14.7 Å². The van der Waals surface area contributed by atoms with Gasteiger partial charge in [-0.15, -0.1) is 0 Å². The van der Waals surface area contributed by atoms with Crippen LogP contribution in [0.25, 0.3) is 0 Å². The maximum atomic E-state index is 14.0. The predicted octanol–water partition coefficient (Wildman–Crippen LogP) is 1.78. The first-order valence-corrected chi connectivity index (χ1v) is 8.57. The molecule has 2 atom stereocenters. The van der Waals surface area contributed by atoms with Crippen LogP contribution in [-0.2, 0) is 11.3 Å². The number of benzene rings is 1. The smallest absolute Gasteiger partial charge is 0.315 e. The van der Waals surface area contributed by atoms with E-state index in [0.717, 1.165) is 17.1 Å². The first kappa shape index (κ1) is 16.6. The van der Waals surface area contributed by atoms with Gasteiger partial charge in [-0.2, -0.15) is 0 Å². The van der Waals surface area contributed by atoms with Gasteiger partial charge >= 0.3 is 6.03 Å². The third-order valence-corrected chi connectivity index (χ3v) is 5.10. The Balaban J connectivity index is 1.67. The van der Waals surface area contributed by atoms with Crippen molar-refractivity contribution in [1.29, 1.82) is 0 Å². The number of allylic oxidation sites excluding steroid dienone is 1. The molecule has 3 aliphatic heterocycles. The fraction of sp³-hybridized carbons (Fsp3) is 0.389. The van der Waals surface area contributed by atoms with Crippen molar-refractivity contribution in [3.63, 3.8) is 0 Å². The van der Waals surface area contributed by atoms with Gasteiger partial charge in [0.25, 0.3) is 5.91 Å². The van der Waals surface area contributed by atoms with Crippen LogP contribution >= 0.6 is 0 Å². The molecule has 2 unspecified atom stereocenters. The van der Waals surface area contributed by atoms with Gasteiger partial charge in [-0.3, -0.25) is 9.69 Å². The summed E-state index contributed by atoms with van der Waals surface area (Å²) in [6, 6.07) is 5.08. The van der Waals surface area contributed by atoms with Gasteiger partial charge in [0, 0.05) is 31.1 Å². The molecule has 1 aromatic rings. The second-order valence-corrected chi connectivity index (χ2v) is 6.62. The molecule has 7 nitrogen and oxygen atoms in total. The molecule has 0 aromatic heterocycles. The number of urea groups is 1. The summed E-state index contributed by atoms with van der Waals surface area (Å²) in [6.45, 7) is 4.59. The molecular weight excluding hydrogens is 337 g/mol. The number of fused-ring (bicyclic) bond motifs is 3. The molecule has 0 radical (unpaired) electrons. The number of hydrogen-bond donors (Lipinski definition) is 0. The van der Waals surface area contributed by atoms with E-state index in [2.05, 4.69) is 4.99 Å². The number of nitrogens with zero attached hydrogens (tertiary/aromatic N) is 5. The topological polar surface area (TPSA) is 59.5 Å². The first-order chi connectivity index (χ1) is 12.4. The Hall–Kier alpha value is -2.90. The highest BCUT2D eigenvalue weighted by Crippen LogP contribution is 2.34. The van der Waals surface area contributed by atoms with Gasteiger partial charge in [-0.25, -0.2) is 14.2 Å². The van der Waals surface area contributed by atoms with E-state index in [1.165, 1.54) is 11.0 Å². The first-order valence-electron chi connectivity index (χ1n) is 8.57. The van der Waals surface area contributed by atoms with Crippen LogP contribution in [0.1, 0.15) is 19.4 Å². The predicted molar refractivity (Wildman–Crippen MR) is 93.1 cm³/mol. The van der Waals surface area contributed by atoms with E-state index in [-0.39, 0.29) is 12.5 Å². The summed E-state index contributed by atoms with van der Waals surface area (Å²) in [7, 11) is 1.62. The Morgan fingerprint density at radius 3 is 2.62 bits per heavy atom. The summed E-state index contributed by atoms with van der Waals surface area (Å²) >= 11 is 0. The Morgan fingerprint density at radius 1 is 1.19 bits per heavy atom. The number of likely N-dealkylation sites (N-methyl/N-ethyl adjacent to an activating group) is 1. The molecule has 26 heavy (non-hydrogen) atoms. The quantitative estimate of drug-likeness (QED) is 0.827.